The lowest BCUT2D eigenvalue weighted by Gasteiger charge is -2.13. The molecular weight excluding hydrogens is 272 g/mol. The van der Waals surface area contributed by atoms with Crippen LogP contribution in [0.3, 0.4) is 0 Å². The summed E-state index contributed by atoms with van der Waals surface area (Å²) in [6, 6.07) is 9.69. The molecule has 0 heterocycles. The molecule has 0 saturated heterocycles. The zero-order chi connectivity index (χ0) is 14.8. The number of terminal acetylenes is 1. The van der Waals surface area contributed by atoms with Gasteiger partial charge < -0.3 is 5.73 Å². The summed E-state index contributed by atoms with van der Waals surface area (Å²) in [4.78, 5) is 0.212. The summed E-state index contributed by atoms with van der Waals surface area (Å²) in [6.07, 6.45) is 5.84. The van der Waals surface area contributed by atoms with E-state index >= 15 is 0 Å². The molecule has 0 amide bonds. The molecule has 1 atom stereocenters. The Hall–Kier alpha value is -2.03. The van der Waals surface area contributed by atoms with Gasteiger partial charge >= 0.3 is 0 Å². The lowest BCUT2D eigenvalue weighted by atomic mass is 10.1. The third kappa shape index (κ3) is 2.77. The average molecular weight is 288 g/mol. The first kappa shape index (κ1) is 14.4. The van der Waals surface area contributed by atoms with Gasteiger partial charge in [0.15, 0.2) is 0 Å². The summed E-state index contributed by atoms with van der Waals surface area (Å²) in [5, 5.41) is 1.41. The fourth-order valence-corrected chi connectivity index (χ4v) is 3.46. The molecule has 1 unspecified atom stereocenters. The highest BCUT2D eigenvalue weighted by atomic mass is 32.2. The van der Waals surface area contributed by atoms with Crippen LogP contribution in [0.5, 0.6) is 0 Å². The minimum Gasteiger partial charge on any atom is -0.399 e. The van der Waals surface area contributed by atoms with Crippen LogP contribution in [0, 0.1) is 12.3 Å². The molecule has 0 bridgehead atoms. The van der Waals surface area contributed by atoms with E-state index < -0.39 is 16.1 Å². The molecule has 20 heavy (non-hydrogen) atoms. The summed E-state index contributed by atoms with van der Waals surface area (Å²) in [7, 11) is -3.66. The van der Waals surface area contributed by atoms with Crippen molar-refractivity contribution in [2.45, 2.75) is 24.3 Å². The zero-order valence-corrected chi connectivity index (χ0v) is 11.9. The van der Waals surface area contributed by atoms with Gasteiger partial charge in [-0.15, -0.1) is 6.42 Å². The Bertz CT molecular complexity index is 776. The van der Waals surface area contributed by atoms with Crippen LogP contribution in [-0.4, -0.2) is 14.5 Å². The lowest BCUT2D eigenvalue weighted by Crippen LogP contribution is -2.33. The van der Waals surface area contributed by atoms with Crippen molar-refractivity contribution in [3.8, 4) is 12.3 Å². The Labute approximate surface area is 119 Å². The number of nitrogen functional groups attached to an aromatic ring is 1. The molecule has 0 fully saturated rings. The predicted molar refractivity (Wildman–Crippen MR) is 81.6 cm³/mol. The molecule has 0 radical (unpaired) electrons. The van der Waals surface area contributed by atoms with Crippen LogP contribution >= 0.6 is 0 Å². The molecular formula is C15H16N2O2S. The van der Waals surface area contributed by atoms with Crippen molar-refractivity contribution in [2.75, 3.05) is 5.73 Å². The fraction of sp³-hybridized carbons (Fsp3) is 0.200. The van der Waals surface area contributed by atoms with Crippen molar-refractivity contribution in [3.05, 3.63) is 36.4 Å². The maximum Gasteiger partial charge on any atom is 0.242 e. The second kappa shape index (κ2) is 5.53. The third-order valence-corrected chi connectivity index (χ3v) is 4.59. The maximum atomic E-state index is 12.4. The highest BCUT2D eigenvalue weighted by molar-refractivity contribution is 7.89. The third-order valence-electron chi connectivity index (χ3n) is 3.06. The van der Waals surface area contributed by atoms with Crippen molar-refractivity contribution in [1.29, 1.82) is 0 Å². The highest BCUT2D eigenvalue weighted by Crippen LogP contribution is 2.25. The van der Waals surface area contributed by atoms with Gasteiger partial charge in [-0.3, -0.25) is 0 Å². The van der Waals surface area contributed by atoms with Gasteiger partial charge in [0.2, 0.25) is 10.0 Å². The molecule has 0 aromatic heterocycles. The number of hydrogen-bond acceptors (Lipinski definition) is 3. The van der Waals surface area contributed by atoms with Gasteiger partial charge in [0.05, 0.1) is 10.9 Å². The molecule has 0 aliphatic heterocycles. The molecule has 2 rings (SSSR count). The van der Waals surface area contributed by atoms with E-state index in [1.165, 1.54) is 0 Å². The largest absolute Gasteiger partial charge is 0.399 e. The van der Waals surface area contributed by atoms with Crippen LogP contribution in [0.4, 0.5) is 5.69 Å². The van der Waals surface area contributed by atoms with Crippen LogP contribution < -0.4 is 10.5 Å². The van der Waals surface area contributed by atoms with E-state index in [1.54, 1.807) is 30.3 Å². The number of nitrogens with two attached hydrogens (primary N) is 1. The van der Waals surface area contributed by atoms with Crippen molar-refractivity contribution in [1.82, 2.24) is 4.72 Å². The Morgan fingerprint density at radius 2 is 2.10 bits per heavy atom. The van der Waals surface area contributed by atoms with E-state index in [9.17, 15) is 8.42 Å². The van der Waals surface area contributed by atoms with Gasteiger partial charge in [0.1, 0.15) is 0 Å². The summed E-state index contributed by atoms with van der Waals surface area (Å²) < 4.78 is 27.4. The van der Waals surface area contributed by atoms with Crippen LogP contribution in [-0.2, 0) is 10.0 Å². The number of hydrogen-bond donors (Lipinski definition) is 2. The van der Waals surface area contributed by atoms with Crippen molar-refractivity contribution >= 4 is 26.5 Å². The van der Waals surface area contributed by atoms with Crippen molar-refractivity contribution in [3.63, 3.8) is 0 Å². The van der Waals surface area contributed by atoms with Crippen LogP contribution in [0.2, 0.25) is 0 Å². The Kier molecular flexibility index (Phi) is 3.98. The fourth-order valence-electron chi connectivity index (χ4n) is 1.99. The summed E-state index contributed by atoms with van der Waals surface area (Å²) in [5.41, 5.74) is 6.31. The molecule has 0 aliphatic rings. The molecule has 0 spiro atoms. The van der Waals surface area contributed by atoms with Crippen LogP contribution in [0.15, 0.2) is 41.3 Å². The summed E-state index contributed by atoms with van der Waals surface area (Å²) in [6.45, 7) is 1.83. The molecule has 2 aromatic rings. The standard InChI is InChI=1S/C15H16N2O2S/c1-3-13(4-2)17-20(18,19)15-7-5-6-11-10-12(16)8-9-14(11)15/h1,5-10,13,17H,4,16H2,2H3. The number of fused-ring (bicyclic) bond motifs is 1. The minimum atomic E-state index is -3.66. The van der Waals surface area contributed by atoms with Gasteiger partial charge in [-0.2, -0.15) is 4.72 Å². The van der Waals surface area contributed by atoms with E-state index in [0.29, 0.717) is 17.5 Å². The van der Waals surface area contributed by atoms with E-state index in [1.807, 2.05) is 13.0 Å². The second-order valence-corrected chi connectivity index (χ2v) is 6.17. The Balaban J connectivity index is 2.55. The Morgan fingerprint density at radius 3 is 2.75 bits per heavy atom. The lowest BCUT2D eigenvalue weighted by molar-refractivity contribution is 0.571. The monoisotopic (exact) mass is 288 g/mol. The number of sulfonamides is 1. The number of nitrogens with one attached hydrogen (secondary N) is 1. The number of benzene rings is 2. The predicted octanol–water partition coefficient (Wildman–Crippen LogP) is 2.11. The quantitative estimate of drug-likeness (QED) is 0.668. The van der Waals surface area contributed by atoms with Gasteiger partial charge in [-0.1, -0.05) is 31.0 Å². The smallest absolute Gasteiger partial charge is 0.242 e. The van der Waals surface area contributed by atoms with E-state index in [-0.39, 0.29) is 4.90 Å². The second-order valence-electron chi connectivity index (χ2n) is 4.49. The van der Waals surface area contributed by atoms with Gasteiger partial charge in [-0.05, 0) is 30.0 Å². The van der Waals surface area contributed by atoms with Crippen molar-refractivity contribution in [2.24, 2.45) is 0 Å². The van der Waals surface area contributed by atoms with Crippen molar-refractivity contribution < 1.29 is 8.42 Å². The number of rotatable bonds is 4. The topological polar surface area (TPSA) is 72.2 Å². The first-order chi connectivity index (χ1) is 9.47. The van der Waals surface area contributed by atoms with E-state index in [0.717, 1.165) is 5.39 Å². The van der Waals surface area contributed by atoms with E-state index in [4.69, 9.17) is 12.2 Å². The van der Waals surface area contributed by atoms with Gasteiger partial charge in [-0.25, -0.2) is 8.42 Å². The minimum absolute atomic E-state index is 0.212. The Morgan fingerprint density at radius 1 is 1.35 bits per heavy atom. The molecule has 0 aliphatic carbocycles. The molecule has 4 nitrogen and oxygen atoms in total. The summed E-state index contributed by atoms with van der Waals surface area (Å²) >= 11 is 0. The van der Waals surface area contributed by atoms with Crippen LogP contribution in [0.1, 0.15) is 13.3 Å². The zero-order valence-electron chi connectivity index (χ0n) is 11.1. The SMILES string of the molecule is C#CC(CC)NS(=O)(=O)c1cccc2cc(N)ccc12. The number of anilines is 1. The highest BCUT2D eigenvalue weighted by Gasteiger charge is 2.20. The summed E-state index contributed by atoms with van der Waals surface area (Å²) in [5.74, 6) is 2.42. The molecule has 3 N–H and O–H groups in total. The molecule has 104 valence electrons. The molecule has 2 aromatic carbocycles. The first-order valence-corrected chi connectivity index (χ1v) is 7.73. The van der Waals surface area contributed by atoms with E-state index in [2.05, 4.69) is 10.6 Å². The average Bonchev–Trinajstić information content (AvgIpc) is 2.43. The normalized spacial score (nSPS) is 13.0. The molecule has 0 saturated carbocycles. The van der Waals surface area contributed by atoms with Crippen LogP contribution in [0.25, 0.3) is 10.8 Å². The van der Waals surface area contributed by atoms with Gasteiger partial charge in [0.25, 0.3) is 0 Å². The van der Waals surface area contributed by atoms with Gasteiger partial charge in [0, 0.05) is 11.1 Å². The first-order valence-electron chi connectivity index (χ1n) is 6.24. The maximum absolute atomic E-state index is 12.4. The molecule has 5 heteroatoms.